The first-order valence-electron chi connectivity index (χ1n) is 13.0. The van der Waals surface area contributed by atoms with Crippen LogP contribution in [0.4, 0.5) is 13.2 Å². The van der Waals surface area contributed by atoms with Crippen molar-refractivity contribution >= 4 is 40.0 Å². The number of carbonyl (C=O) groups excluding carboxylic acids is 3. The zero-order valence-corrected chi connectivity index (χ0v) is 24.1. The maximum atomic E-state index is 17.5. The minimum absolute atomic E-state index is 0.000223. The van der Waals surface area contributed by atoms with Gasteiger partial charge >= 0.3 is 5.97 Å². The van der Waals surface area contributed by atoms with Gasteiger partial charge < -0.3 is 9.84 Å². The highest BCUT2D eigenvalue weighted by Crippen LogP contribution is 2.72. The number of halogens is 3. The average Bonchev–Trinajstić information content (AvgIpc) is 3.31. The van der Waals surface area contributed by atoms with Gasteiger partial charge in [-0.05, 0) is 75.4 Å². The van der Waals surface area contributed by atoms with E-state index in [9.17, 15) is 23.9 Å². The molecule has 5 rings (SSSR count). The number of fused-ring (bicyclic) bond motifs is 5. The Kier molecular flexibility index (Phi) is 6.79. The van der Waals surface area contributed by atoms with Crippen LogP contribution in [0.15, 0.2) is 23.8 Å². The minimum atomic E-state index is -2.34. The highest BCUT2D eigenvalue weighted by Gasteiger charge is 2.78. The molecule has 0 bridgehead atoms. The largest absolute Gasteiger partial charge is 0.445 e. The number of alkyl halides is 3. The number of nitrogens with zero attached hydrogens (tertiary/aromatic N) is 1. The molecule has 0 amide bonds. The van der Waals surface area contributed by atoms with E-state index in [1.54, 1.807) is 27.7 Å². The maximum Gasteiger partial charge on any atom is 0.351 e. The molecule has 0 radical (unpaired) electrons. The van der Waals surface area contributed by atoms with Gasteiger partial charge in [-0.1, -0.05) is 19.9 Å². The monoisotopic (exact) mass is 583 g/mol. The molecule has 0 spiro atoms. The number of hydrogen-bond acceptors (Lipinski definition) is 8. The summed E-state index contributed by atoms with van der Waals surface area (Å²) >= 11 is 1.49. The molecular weight excluding hydrogens is 551 g/mol. The summed E-state index contributed by atoms with van der Waals surface area (Å²) in [4.78, 5) is 43.8. The van der Waals surface area contributed by atoms with E-state index in [0.29, 0.717) is 22.5 Å². The Balaban J connectivity index is 1.64. The van der Waals surface area contributed by atoms with Crippen LogP contribution in [0.25, 0.3) is 0 Å². The Labute approximate surface area is 233 Å². The van der Waals surface area contributed by atoms with Gasteiger partial charge in [0.25, 0.3) is 0 Å². The molecular formula is C28H32F3NO5S2. The summed E-state index contributed by atoms with van der Waals surface area (Å²) in [5, 5.41) is 11.5. The number of aryl methyl sites for hydroxylation is 2. The second kappa shape index (κ2) is 9.27. The lowest BCUT2D eigenvalue weighted by Gasteiger charge is -2.63. The van der Waals surface area contributed by atoms with Gasteiger partial charge in [-0.3, -0.25) is 9.59 Å². The first-order chi connectivity index (χ1) is 18.2. The molecule has 1 aromatic rings. The van der Waals surface area contributed by atoms with Crippen molar-refractivity contribution in [1.29, 1.82) is 0 Å². The normalized spacial score (nSPS) is 42.8. The number of thioether (sulfide) groups is 1. The first kappa shape index (κ1) is 28.5. The number of ketones is 1. The molecule has 1 aromatic heterocycles. The molecule has 3 fully saturated rings. The number of rotatable bonds is 4. The summed E-state index contributed by atoms with van der Waals surface area (Å²) < 4.78 is 52.9. The Bertz CT molecular complexity index is 1310. The van der Waals surface area contributed by atoms with E-state index in [4.69, 9.17) is 4.74 Å². The number of hydrogen-bond donors (Lipinski definition) is 1. The van der Waals surface area contributed by atoms with Crippen molar-refractivity contribution in [2.45, 2.75) is 77.4 Å². The van der Waals surface area contributed by atoms with Gasteiger partial charge in [0.1, 0.15) is 17.1 Å². The summed E-state index contributed by atoms with van der Waals surface area (Å²) in [6.07, 6.45) is -0.0255. The Hall–Kier alpha value is -1.98. The summed E-state index contributed by atoms with van der Waals surface area (Å²) in [7, 11) is 0. The number of carbonyl (C=O) groups is 3. The lowest BCUT2D eigenvalue weighted by atomic mass is 9.44. The Morgan fingerprint density at radius 2 is 1.95 bits per heavy atom. The number of aliphatic hydroxyl groups excluding tert-OH is 1. The number of esters is 1. The van der Waals surface area contributed by atoms with Crippen LogP contribution in [-0.4, -0.2) is 56.5 Å². The van der Waals surface area contributed by atoms with Gasteiger partial charge in [0.05, 0.1) is 16.8 Å². The smallest absolute Gasteiger partial charge is 0.351 e. The van der Waals surface area contributed by atoms with Crippen molar-refractivity contribution in [3.8, 4) is 0 Å². The van der Waals surface area contributed by atoms with Gasteiger partial charge in [-0.25, -0.2) is 22.9 Å². The van der Waals surface area contributed by atoms with Crippen molar-refractivity contribution in [2.75, 3.05) is 6.01 Å². The van der Waals surface area contributed by atoms with Crippen LogP contribution in [0.2, 0.25) is 0 Å². The van der Waals surface area contributed by atoms with Crippen LogP contribution >= 0.6 is 23.1 Å². The Morgan fingerprint density at radius 3 is 2.56 bits per heavy atom. The molecule has 4 aliphatic rings. The fourth-order valence-corrected chi connectivity index (χ4v) is 9.87. The summed E-state index contributed by atoms with van der Waals surface area (Å²) in [5.74, 6) is -3.63. The predicted octanol–water partition coefficient (Wildman–Crippen LogP) is 5.41. The van der Waals surface area contributed by atoms with Gasteiger partial charge in [0, 0.05) is 22.7 Å². The number of ether oxygens (including phenoxy) is 1. The third kappa shape index (κ3) is 3.64. The predicted molar refractivity (Wildman–Crippen MR) is 141 cm³/mol. The van der Waals surface area contributed by atoms with Crippen LogP contribution in [0, 0.1) is 42.4 Å². The van der Waals surface area contributed by atoms with E-state index < -0.39 is 75.0 Å². The molecule has 11 heteroatoms. The van der Waals surface area contributed by atoms with Crippen molar-refractivity contribution in [3.05, 3.63) is 39.4 Å². The third-order valence-corrected chi connectivity index (χ3v) is 11.7. The van der Waals surface area contributed by atoms with E-state index >= 15 is 8.78 Å². The molecule has 0 aromatic carbocycles. The number of allylic oxidation sites excluding steroid dienone is 4. The van der Waals surface area contributed by atoms with Crippen LogP contribution in [0.5, 0.6) is 0 Å². The second-order valence-corrected chi connectivity index (χ2v) is 13.9. The Morgan fingerprint density at radius 1 is 1.26 bits per heavy atom. The van der Waals surface area contributed by atoms with E-state index in [1.165, 1.54) is 19.1 Å². The zero-order valence-electron chi connectivity index (χ0n) is 22.4. The van der Waals surface area contributed by atoms with Crippen molar-refractivity contribution in [1.82, 2.24) is 4.98 Å². The van der Waals surface area contributed by atoms with E-state index in [2.05, 4.69) is 4.98 Å². The van der Waals surface area contributed by atoms with Crippen LogP contribution in [0.1, 0.15) is 60.4 Å². The second-order valence-electron chi connectivity index (χ2n) is 11.8. The molecule has 0 aliphatic heterocycles. The summed E-state index contributed by atoms with van der Waals surface area (Å²) in [6, 6.07) is -1.05. The summed E-state index contributed by atoms with van der Waals surface area (Å²) in [5.41, 5.74) is -6.70. The fraction of sp³-hybridized carbons (Fsp3) is 0.643. The number of aromatic nitrogens is 1. The van der Waals surface area contributed by atoms with E-state index in [-0.39, 0.29) is 29.7 Å². The van der Waals surface area contributed by atoms with E-state index in [0.717, 1.165) is 17.4 Å². The fourth-order valence-electron chi connectivity index (χ4n) is 8.29. The van der Waals surface area contributed by atoms with Crippen molar-refractivity contribution in [3.63, 3.8) is 0 Å². The molecule has 9 atom stereocenters. The molecule has 1 N–H and O–H groups in total. The maximum absolute atomic E-state index is 17.5. The zero-order chi connectivity index (χ0) is 28.7. The lowest BCUT2D eigenvalue weighted by Crippen LogP contribution is -2.70. The lowest BCUT2D eigenvalue weighted by molar-refractivity contribution is -0.221. The van der Waals surface area contributed by atoms with E-state index in [1.807, 2.05) is 0 Å². The highest BCUT2D eigenvalue weighted by atomic mass is 32.2. The molecule has 0 unspecified atom stereocenters. The molecule has 4 aliphatic carbocycles. The molecule has 6 nitrogen and oxygen atoms in total. The SMILES string of the molecule is Cc1nc(C)c(C(=O)O[C@]2(C(=O)SCF)[C@H](C)C[C@H]3[C@@H]4C[C@H](F)C5=CC(=O)C=C[C@]5(C)[C@@]4(F)[C@@H](O)C[C@@]32C)s1. The van der Waals surface area contributed by atoms with Gasteiger partial charge in [0.2, 0.25) is 5.12 Å². The molecule has 3 saturated carbocycles. The standard InChI is InChI=1S/C28H32F3NO5S2/c1-13-8-17-18-10-20(30)19-9-16(33)6-7-25(19,4)27(18,31)21(34)11-26(17,5)28(13,24(36)38-12-29)37-23(35)22-14(2)32-15(3)39-22/h6-7,9,13,17-18,20-21,34H,8,10-12H2,1-5H3/t13-,17+,18+,20+,21+,25+,26+,27+,28+/m1/s1. The molecule has 39 heavy (non-hydrogen) atoms. The quantitative estimate of drug-likeness (QED) is 0.474. The topological polar surface area (TPSA) is 93.6 Å². The highest BCUT2D eigenvalue weighted by molar-refractivity contribution is 8.13. The summed E-state index contributed by atoms with van der Waals surface area (Å²) in [6.45, 7) is 8.24. The van der Waals surface area contributed by atoms with Gasteiger partial charge in [-0.15, -0.1) is 11.3 Å². The average molecular weight is 584 g/mol. The minimum Gasteiger partial charge on any atom is -0.445 e. The van der Waals surface area contributed by atoms with Gasteiger partial charge in [0.15, 0.2) is 17.1 Å². The number of aliphatic hydroxyl groups is 1. The van der Waals surface area contributed by atoms with Crippen LogP contribution in [0.3, 0.4) is 0 Å². The van der Waals surface area contributed by atoms with Crippen molar-refractivity contribution in [2.24, 2.45) is 28.6 Å². The van der Waals surface area contributed by atoms with Crippen LogP contribution in [-0.2, 0) is 14.3 Å². The van der Waals surface area contributed by atoms with Gasteiger partial charge in [-0.2, -0.15) is 0 Å². The first-order valence-corrected chi connectivity index (χ1v) is 14.8. The van der Waals surface area contributed by atoms with Crippen LogP contribution < -0.4 is 0 Å². The van der Waals surface area contributed by atoms with Crippen molar-refractivity contribution < 1.29 is 37.4 Å². The molecule has 1 heterocycles. The number of thiazole rings is 1. The molecule has 0 saturated heterocycles. The third-order valence-electron chi connectivity index (χ3n) is 10.0. The molecule has 212 valence electrons.